The third-order valence-corrected chi connectivity index (χ3v) is 2.02. The lowest BCUT2D eigenvalue weighted by Crippen LogP contribution is -1.93. The summed E-state index contributed by atoms with van der Waals surface area (Å²) in [5.74, 6) is 0. The van der Waals surface area contributed by atoms with Crippen molar-refractivity contribution in [2.45, 2.75) is 0 Å². The highest BCUT2D eigenvalue weighted by molar-refractivity contribution is 6.36. The number of rotatable bonds is 2. The molecule has 14 heavy (non-hydrogen) atoms. The molecule has 0 fully saturated rings. The van der Waals surface area contributed by atoms with Crippen LogP contribution in [-0.2, 0) is 0 Å². The summed E-state index contributed by atoms with van der Waals surface area (Å²) in [7, 11) is 0. The molecule has 0 N–H and O–H groups in total. The highest BCUT2D eigenvalue weighted by Crippen LogP contribution is 2.34. The summed E-state index contributed by atoms with van der Waals surface area (Å²) >= 11 is 10.9. The van der Waals surface area contributed by atoms with Crippen molar-refractivity contribution in [3.8, 4) is 0 Å². The molecule has 0 radical (unpaired) electrons. The van der Waals surface area contributed by atoms with Gasteiger partial charge in [-0.05, 0) is 0 Å². The van der Waals surface area contributed by atoms with Crippen LogP contribution in [0.2, 0.25) is 10.0 Å². The fraction of sp³-hybridized carbons (Fsp3) is 0. The van der Waals surface area contributed by atoms with Gasteiger partial charge >= 0.3 is 0 Å². The Hall–Kier alpha value is -1.40. The van der Waals surface area contributed by atoms with Gasteiger partial charge in [0.15, 0.2) is 0 Å². The maximum atomic E-state index is 10.3. The average molecular weight is 237 g/mol. The molecule has 0 aliphatic carbocycles. The number of benzene rings is 1. The number of nitrogens with zero attached hydrogens (tertiary/aromatic N) is 2. The van der Waals surface area contributed by atoms with Crippen molar-refractivity contribution in [3.05, 3.63) is 42.4 Å². The molecule has 1 rings (SSSR count). The first kappa shape index (κ1) is 10.7. The Labute approximate surface area is 87.3 Å². The molecule has 0 heterocycles. The molecule has 1 aromatic carbocycles. The van der Waals surface area contributed by atoms with Gasteiger partial charge in [0, 0.05) is 12.1 Å². The zero-order valence-electron chi connectivity index (χ0n) is 6.44. The van der Waals surface area contributed by atoms with E-state index in [9.17, 15) is 20.2 Å². The van der Waals surface area contributed by atoms with Crippen LogP contribution in [0.1, 0.15) is 0 Å². The summed E-state index contributed by atoms with van der Waals surface area (Å²) in [6, 6.07) is 1.70. The molecular weight excluding hydrogens is 235 g/mol. The van der Waals surface area contributed by atoms with Crippen molar-refractivity contribution in [3.63, 3.8) is 0 Å². The summed E-state index contributed by atoms with van der Waals surface area (Å²) in [6.45, 7) is 0. The topological polar surface area (TPSA) is 86.3 Å². The normalized spacial score (nSPS) is 9.86. The Morgan fingerprint density at radius 1 is 0.929 bits per heavy atom. The predicted octanol–water partition coefficient (Wildman–Crippen LogP) is 2.81. The van der Waals surface area contributed by atoms with E-state index in [0.29, 0.717) is 0 Å². The van der Waals surface area contributed by atoms with Crippen LogP contribution in [0.25, 0.3) is 0 Å². The van der Waals surface area contributed by atoms with E-state index in [1.165, 1.54) is 0 Å². The third-order valence-electron chi connectivity index (χ3n) is 1.41. The first-order valence-electron chi connectivity index (χ1n) is 3.21. The first-order valence-corrected chi connectivity index (χ1v) is 3.97. The van der Waals surface area contributed by atoms with Gasteiger partial charge in [0.2, 0.25) is 0 Å². The van der Waals surface area contributed by atoms with E-state index >= 15 is 0 Å². The van der Waals surface area contributed by atoms with Crippen LogP contribution in [0.5, 0.6) is 0 Å². The SMILES string of the molecule is O=[N+]([O-])c1cc(Cl)c([N+](=O)[O-])cc1Cl. The van der Waals surface area contributed by atoms with Gasteiger partial charge in [0.25, 0.3) is 11.4 Å². The third kappa shape index (κ3) is 1.91. The molecule has 74 valence electrons. The van der Waals surface area contributed by atoms with Gasteiger partial charge in [-0.3, -0.25) is 20.2 Å². The second kappa shape index (κ2) is 3.77. The molecule has 0 aromatic heterocycles. The van der Waals surface area contributed by atoms with Gasteiger partial charge in [-0.1, -0.05) is 23.2 Å². The largest absolute Gasteiger partial charge is 0.289 e. The molecule has 0 spiro atoms. The van der Waals surface area contributed by atoms with E-state index in [1.54, 1.807) is 0 Å². The van der Waals surface area contributed by atoms with Crippen LogP contribution in [0.15, 0.2) is 12.1 Å². The molecule has 0 amide bonds. The van der Waals surface area contributed by atoms with Crippen LogP contribution in [-0.4, -0.2) is 9.85 Å². The van der Waals surface area contributed by atoms with Crippen molar-refractivity contribution in [1.29, 1.82) is 0 Å². The molecule has 0 unspecified atom stereocenters. The zero-order chi connectivity index (χ0) is 10.9. The summed E-state index contributed by atoms with van der Waals surface area (Å²) in [4.78, 5) is 19.2. The average Bonchev–Trinajstić information content (AvgIpc) is 2.07. The molecule has 8 heteroatoms. The Morgan fingerprint density at radius 2 is 1.21 bits per heavy atom. The summed E-state index contributed by atoms with van der Waals surface area (Å²) in [6.07, 6.45) is 0. The van der Waals surface area contributed by atoms with Crippen LogP contribution in [0.3, 0.4) is 0 Å². The van der Waals surface area contributed by atoms with Gasteiger partial charge in [-0.25, -0.2) is 0 Å². The Morgan fingerprint density at radius 3 is 1.43 bits per heavy atom. The monoisotopic (exact) mass is 236 g/mol. The second-order valence-corrected chi connectivity index (χ2v) is 3.08. The minimum Gasteiger partial charge on any atom is -0.258 e. The molecule has 0 atom stereocenters. The summed E-state index contributed by atoms with van der Waals surface area (Å²) in [5, 5.41) is 20.1. The standard InChI is InChI=1S/C6H2Cl2N2O4/c7-3-1-5(9(11)12)4(8)2-6(3)10(13)14/h1-2H. The second-order valence-electron chi connectivity index (χ2n) is 2.27. The van der Waals surface area contributed by atoms with Crippen LogP contribution in [0, 0.1) is 20.2 Å². The van der Waals surface area contributed by atoms with Gasteiger partial charge in [0.05, 0.1) is 9.85 Å². The minimum absolute atomic E-state index is 0.314. The number of hydrogen-bond donors (Lipinski definition) is 0. The number of nitro benzene ring substituents is 2. The van der Waals surface area contributed by atoms with E-state index in [0.717, 1.165) is 12.1 Å². The summed E-state index contributed by atoms with van der Waals surface area (Å²) in [5.41, 5.74) is -0.912. The van der Waals surface area contributed by atoms with E-state index in [-0.39, 0.29) is 10.0 Å². The lowest BCUT2D eigenvalue weighted by Gasteiger charge is -1.97. The Balaban J connectivity index is 3.38. The smallest absolute Gasteiger partial charge is 0.258 e. The quantitative estimate of drug-likeness (QED) is 0.584. The van der Waals surface area contributed by atoms with Gasteiger partial charge in [0.1, 0.15) is 10.0 Å². The van der Waals surface area contributed by atoms with E-state index in [1.807, 2.05) is 0 Å². The van der Waals surface area contributed by atoms with Crippen LogP contribution >= 0.6 is 23.2 Å². The van der Waals surface area contributed by atoms with E-state index in [2.05, 4.69) is 0 Å². The predicted molar refractivity (Wildman–Crippen MR) is 49.8 cm³/mol. The maximum absolute atomic E-state index is 10.3. The molecule has 0 bridgehead atoms. The van der Waals surface area contributed by atoms with Gasteiger partial charge in [-0.15, -0.1) is 0 Å². The number of halogens is 2. The van der Waals surface area contributed by atoms with E-state index in [4.69, 9.17) is 23.2 Å². The summed E-state index contributed by atoms with van der Waals surface area (Å²) < 4.78 is 0. The first-order chi connectivity index (χ1) is 6.43. The minimum atomic E-state index is -0.766. The Bertz CT molecular complexity index is 381. The van der Waals surface area contributed by atoms with Crippen molar-refractivity contribution in [2.24, 2.45) is 0 Å². The van der Waals surface area contributed by atoms with Crippen molar-refractivity contribution >= 4 is 34.6 Å². The van der Waals surface area contributed by atoms with E-state index < -0.39 is 21.2 Å². The molecule has 6 nitrogen and oxygen atoms in total. The van der Waals surface area contributed by atoms with Gasteiger partial charge in [-0.2, -0.15) is 0 Å². The van der Waals surface area contributed by atoms with Crippen molar-refractivity contribution in [1.82, 2.24) is 0 Å². The lowest BCUT2D eigenvalue weighted by molar-refractivity contribution is -0.388. The zero-order valence-corrected chi connectivity index (χ0v) is 7.95. The molecule has 1 aromatic rings. The fourth-order valence-electron chi connectivity index (χ4n) is 0.806. The molecule has 0 saturated carbocycles. The Kier molecular flexibility index (Phi) is 2.87. The van der Waals surface area contributed by atoms with Crippen LogP contribution in [0.4, 0.5) is 11.4 Å². The number of nitro groups is 2. The van der Waals surface area contributed by atoms with Crippen molar-refractivity contribution < 1.29 is 9.85 Å². The number of hydrogen-bond acceptors (Lipinski definition) is 4. The fourth-order valence-corrected chi connectivity index (χ4v) is 1.26. The molecule has 0 saturated heterocycles. The highest BCUT2D eigenvalue weighted by Gasteiger charge is 2.21. The molecule has 0 aliphatic heterocycles. The maximum Gasteiger partial charge on any atom is 0.289 e. The lowest BCUT2D eigenvalue weighted by atomic mass is 10.3. The van der Waals surface area contributed by atoms with Crippen LogP contribution < -0.4 is 0 Å². The molecular formula is C6H2Cl2N2O4. The van der Waals surface area contributed by atoms with Crippen molar-refractivity contribution in [2.75, 3.05) is 0 Å². The highest BCUT2D eigenvalue weighted by atomic mass is 35.5. The molecule has 0 aliphatic rings. The van der Waals surface area contributed by atoms with Gasteiger partial charge < -0.3 is 0 Å².